The lowest BCUT2D eigenvalue weighted by Crippen LogP contribution is -2.63. The number of likely N-dealkylation sites (tertiary alicyclic amines) is 1. The molecule has 3 fully saturated rings. The Kier molecular flexibility index (Phi) is 5.82. The number of alkyl halides is 3. The smallest absolute Gasteiger partial charge is 0.383 e. The van der Waals surface area contributed by atoms with E-state index in [1.165, 1.54) is 0 Å². The minimum atomic E-state index is -4.25. The van der Waals surface area contributed by atoms with Gasteiger partial charge in [0.1, 0.15) is 11.1 Å². The topological polar surface area (TPSA) is 65.0 Å². The molecule has 9 heteroatoms. The fourth-order valence-electron chi connectivity index (χ4n) is 5.13. The number of amides is 1. The van der Waals surface area contributed by atoms with Crippen molar-refractivity contribution in [3.63, 3.8) is 0 Å². The lowest BCUT2D eigenvalue weighted by Gasteiger charge is -2.50. The molecule has 1 aromatic carbocycles. The predicted molar refractivity (Wildman–Crippen MR) is 103 cm³/mol. The zero-order chi connectivity index (χ0) is 21.4. The van der Waals surface area contributed by atoms with Gasteiger partial charge in [-0.3, -0.25) is 14.6 Å². The number of ether oxygens (including phenoxy) is 1. The summed E-state index contributed by atoms with van der Waals surface area (Å²) in [6.45, 7) is 1.83. The third-order valence-electron chi connectivity index (χ3n) is 6.92. The van der Waals surface area contributed by atoms with Gasteiger partial charge in [0.25, 0.3) is 0 Å². The SMILES string of the molecule is O=C1NCN(CCC(F)(F)F)C12CCN([C@H]1COCC[C@@]1(O)c1ccccc1)CC2. The Morgan fingerprint density at radius 1 is 1.17 bits per heavy atom. The monoisotopic (exact) mass is 427 g/mol. The van der Waals surface area contributed by atoms with Crippen molar-refractivity contribution < 1.29 is 27.8 Å². The van der Waals surface area contributed by atoms with Crippen LogP contribution in [0.1, 0.15) is 31.2 Å². The first-order chi connectivity index (χ1) is 14.2. The van der Waals surface area contributed by atoms with Crippen LogP contribution in [0.25, 0.3) is 0 Å². The summed E-state index contributed by atoms with van der Waals surface area (Å²) < 4.78 is 43.9. The summed E-state index contributed by atoms with van der Waals surface area (Å²) in [5.74, 6) is -0.192. The van der Waals surface area contributed by atoms with Crippen LogP contribution in [0.15, 0.2) is 30.3 Å². The summed E-state index contributed by atoms with van der Waals surface area (Å²) in [4.78, 5) is 16.4. The molecule has 1 amide bonds. The number of nitrogens with zero attached hydrogens (tertiary/aromatic N) is 2. The summed E-state index contributed by atoms with van der Waals surface area (Å²) in [6.07, 6.45) is -3.85. The van der Waals surface area contributed by atoms with Gasteiger partial charge in [0, 0.05) is 32.7 Å². The van der Waals surface area contributed by atoms with Crippen molar-refractivity contribution in [3.05, 3.63) is 35.9 Å². The van der Waals surface area contributed by atoms with E-state index in [1.54, 1.807) is 4.90 Å². The fraction of sp³-hybridized carbons (Fsp3) is 0.667. The number of aliphatic hydroxyl groups is 1. The Morgan fingerprint density at radius 3 is 2.53 bits per heavy atom. The van der Waals surface area contributed by atoms with Crippen LogP contribution in [0.2, 0.25) is 0 Å². The van der Waals surface area contributed by atoms with Gasteiger partial charge in [0.2, 0.25) is 5.91 Å². The summed E-state index contributed by atoms with van der Waals surface area (Å²) in [7, 11) is 0. The highest BCUT2D eigenvalue weighted by Crippen LogP contribution is 2.39. The fourth-order valence-corrected chi connectivity index (χ4v) is 5.13. The first-order valence-corrected chi connectivity index (χ1v) is 10.4. The third kappa shape index (κ3) is 3.95. The summed E-state index contributed by atoms with van der Waals surface area (Å²) in [6, 6.07) is 9.25. The van der Waals surface area contributed by atoms with Crippen LogP contribution in [0.5, 0.6) is 0 Å². The molecule has 0 bridgehead atoms. The highest BCUT2D eigenvalue weighted by molar-refractivity contribution is 5.88. The van der Waals surface area contributed by atoms with Crippen molar-refractivity contribution in [3.8, 4) is 0 Å². The molecule has 3 aliphatic heterocycles. The molecule has 0 unspecified atom stereocenters. The number of rotatable bonds is 4. The van der Waals surface area contributed by atoms with Crippen molar-refractivity contribution in [1.82, 2.24) is 15.1 Å². The van der Waals surface area contributed by atoms with E-state index in [4.69, 9.17) is 4.74 Å². The number of carbonyl (C=O) groups is 1. The van der Waals surface area contributed by atoms with E-state index < -0.39 is 23.7 Å². The molecule has 166 valence electrons. The van der Waals surface area contributed by atoms with Crippen LogP contribution in [-0.2, 0) is 15.1 Å². The normalized spacial score (nSPS) is 30.5. The van der Waals surface area contributed by atoms with Gasteiger partial charge in [-0.25, -0.2) is 0 Å². The van der Waals surface area contributed by atoms with E-state index in [0.29, 0.717) is 45.6 Å². The average molecular weight is 427 g/mol. The molecule has 30 heavy (non-hydrogen) atoms. The lowest BCUT2D eigenvalue weighted by atomic mass is 9.79. The van der Waals surface area contributed by atoms with Gasteiger partial charge in [0.15, 0.2) is 0 Å². The van der Waals surface area contributed by atoms with E-state index in [9.17, 15) is 23.1 Å². The Hall–Kier alpha value is -1.68. The van der Waals surface area contributed by atoms with Gasteiger partial charge in [-0.15, -0.1) is 0 Å². The van der Waals surface area contributed by atoms with Crippen molar-refractivity contribution in [2.24, 2.45) is 0 Å². The molecule has 1 aromatic rings. The number of benzene rings is 1. The van der Waals surface area contributed by atoms with Crippen molar-refractivity contribution in [2.75, 3.05) is 39.5 Å². The second kappa shape index (κ2) is 8.11. The largest absolute Gasteiger partial charge is 0.390 e. The highest BCUT2D eigenvalue weighted by Gasteiger charge is 2.53. The third-order valence-corrected chi connectivity index (χ3v) is 6.92. The molecule has 3 aliphatic rings. The van der Waals surface area contributed by atoms with Crippen LogP contribution < -0.4 is 5.32 Å². The standard InChI is InChI=1S/C21H28F3N3O3/c22-21(23,24)8-12-27-15-25-18(28)19(27)6-10-26(11-7-19)17-14-30-13-9-20(17,29)16-4-2-1-3-5-16/h1-5,17,29H,6-15H2,(H,25,28)/t17-,20+/m0/s1. The Labute approximate surface area is 174 Å². The van der Waals surface area contributed by atoms with Gasteiger partial charge < -0.3 is 15.2 Å². The van der Waals surface area contributed by atoms with Crippen molar-refractivity contribution in [2.45, 2.75) is 49.0 Å². The zero-order valence-corrected chi connectivity index (χ0v) is 16.8. The second-order valence-corrected chi connectivity index (χ2v) is 8.49. The number of piperidine rings is 1. The Balaban J connectivity index is 1.48. The van der Waals surface area contributed by atoms with Gasteiger partial charge in [0.05, 0.1) is 25.7 Å². The van der Waals surface area contributed by atoms with Crippen LogP contribution in [0.4, 0.5) is 13.2 Å². The van der Waals surface area contributed by atoms with Crippen LogP contribution in [-0.4, -0.2) is 78.1 Å². The number of carbonyl (C=O) groups excluding carboxylic acids is 1. The molecule has 3 heterocycles. The first-order valence-electron chi connectivity index (χ1n) is 10.4. The molecule has 2 N–H and O–H groups in total. The maximum atomic E-state index is 12.7. The molecular weight excluding hydrogens is 399 g/mol. The second-order valence-electron chi connectivity index (χ2n) is 8.49. The van der Waals surface area contributed by atoms with Crippen molar-refractivity contribution in [1.29, 1.82) is 0 Å². The summed E-state index contributed by atoms with van der Waals surface area (Å²) in [5, 5.41) is 14.3. The summed E-state index contributed by atoms with van der Waals surface area (Å²) >= 11 is 0. The van der Waals surface area contributed by atoms with E-state index in [0.717, 1.165) is 5.56 Å². The van der Waals surface area contributed by atoms with Crippen LogP contribution in [0.3, 0.4) is 0 Å². The minimum absolute atomic E-state index is 0.148. The van der Waals surface area contributed by atoms with E-state index in [-0.39, 0.29) is 25.2 Å². The highest BCUT2D eigenvalue weighted by atomic mass is 19.4. The zero-order valence-electron chi connectivity index (χ0n) is 16.8. The van der Waals surface area contributed by atoms with E-state index in [1.807, 2.05) is 30.3 Å². The molecule has 0 saturated carbocycles. The molecule has 2 atom stereocenters. The molecule has 0 radical (unpaired) electrons. The molecule has 0 aliphatic carbocycles. The molecule has 4 rings (SSSR count). The Bertz CT molecular complexity index is 753. The molecule has 1 spiro atoms. The molecule has 0 aromatic heterocycles. The minimum Gasteiger partial charge on any atom is -0.383 e. The number of hydrogen-bond donors (Lipinski definition) is 2. The quantitative estimate of drug-likeness (QED) is 0.768. The lowest BCUT2D eigenvalue weighted by molar-refractivity contribution is -0.154. The van der Waals surface area contributed by atoms with E-state index in [2.05, 4.69) is 10.2 Å². The van der Waals surface area contributed by atoms with Gasteiger partial charge >= 0.3 is 6.18 Å². The predicted octanol–water partition coefficient (Wildman–Crippen LogP) is 1.84. The van der Waals surface area contributed by atoms with Crippen LogP contribution in [0, 0.1) is 0 Å². The number of nitrogens with one attached hydrogen (secondary N) is 1. The van der Waals surface area contributed by atoms with Crippen LogP contribution >= 0.6 is 0 Å². The van der Waals surface area contributed by atoms with Gasteiger partial charge in [-0.2, -0.15) is 13.2 Å². The van der Waals surface area contributed by atoms with Crippen molar-refractivity contribution >= 4 is 5.91 Å². The van der Waals surface area contributed by atoms with Gasteiger partial charge in [-0.1, -0.05) is 30.3 Å². The number of halogens is 3. The Morgan fingerprint density at radius 2 is 1.87 bits per heavy atom. The summed E-state index contributed by atoms with van der Waals surface area (Å²) in [5.41, 5.74) is -1.12. The van der Waals surface area contributed by atoms with Gasteiger partial charge in [-0.05, 0) is 18.4 Å². The van der Waals surface area contributed by atoms with E-state index >= 15 is 0 Å². The maximum Gasteiger partial charge on any atom is 0.390 e. The number of hydrogen-bond acceptors (Lipinski definition) is 5. The molecule has 3 saturated heterocycles. The molecule has 6 nitrogen and oxygen atoms in total. The maximum absolute atomic E-state index is 12.7. The average Bonchev–Trinajstić information content (AvgIpc) is 3.03. The first kappa shape index (κ1) is 21.5. The molecular formula is C21H28F3N3O3.